The van der Waals surface area contributed by atoms with Crippen LogP contribution in [0, 0.1) is 12.8 Å². The molecular formula is C30H41N9O3S. The highest BCUT2D eigenvalue weighted by molar-refractivity contribution is 7.99. The fraction of sp³-hybridized carbons (Fsp3) is 0.500. The predicted octanol–water partition coefficient (Wildman–Crippen LogP) is 4.14. The second-order valence-electron chi connectivity index (χ2n) is 11.2. The Bertz CT molecular complexity index is 1400. The van der Waals surface area contributed by atoms with Gasteiger partial charge in [-0.15, -0.1) is 0 Å². The largest absolute Gasteiger partial charge is 0.487 e. The van der Waals surface area contributed by atoms with E-state index in [1.165, 1.54) is 11.8 Å². The van der Waals surface area contributed by atoms with Crippen molar-refractivity contribution in [3.8, 4) is 5.75 Å². The summed E-state index contributed by atoms with van der Waals surface area (Å²) in [5.74, 6) is 2.70. The molecule has 0 bridgehead atoms. The monoisotopic (exact) mass is 607 g/mol. The quantitative estimate of drug-likeness (QED) is 0.273. The van der Waals surface area contributed by atoms with Gasteiger partial charge in [-0.05, 0) is 76.8 Å². The zero-order valence-electron chi connectivity index (χ0n) is 25.4. The number of benzene rings is 1. The van der Waals surface area contributed by atoms with Gasteiger partial charge < -0.3 is 30.1 Å². The fourth-order valence-corrected chi connectivity index (χ4v) is 6.08. The van der Waals surface area contributed by atoms with Gasteiger partial charge >= 0.3 is 0 Å². The molecule has 0 radical (unpaired) electrons. The number of H-pyrrole nitrogens is 1. The Kier molecular flexibility index (Phi) is 10.0. The molecule has 1 saturated carbocycles. The zero-order chi connectivity index (χ0) is 30.3. The topological polar surface area (TPSA) is 132 Å². The lowest BCUT2D eigenvalue weighted by Gasteiger charge is -2.36. The van der Waals surface area contributed by atoms with Crippen molar-refractivity contribution in [2.24, 2.45) is 5.92 Å². The Morgan fingerprint density at radius 2 is 1.81 bits per heavy atom. The van der Waals surface area contributed by atoms with E-state index in [0.29, 0.717) is 67.7 Å². The van der Waals surface area contributed by atoms with E-state index in [-0.39, 0.29) is 17.7 Å². The Hall–Kier alpha value is -3.84. The lowest BCUT2D eigenvalue weighted by molar-refractivity contribution is -0.132. The van der Waals surface area contributed by atoms with Crippen LogP contribution in [0.4, 0.5) is 23.1 Å². The summed E-state index contributed by atoms with van der Waals surface area (Å²) < 4.78 is 6.12. The second kappa shape index (κ2) is 14.1. The van der Waals surface area contributed by atoms with Gasteiger partial charge in [0.05, 0.1) is 13.2 Å². The van der Waals surface area contributed by atoms with E-state index >= 15 is 0 Å². The summed E-state index contributed by atoms with van der Waals surface area (Å²) >= 11 is 1.43. The number of aromatic nitrogens is 4. The third kappa shape index (κ3) is 7.96. The van der Waals surface area contributed by atoms with Crippen LogP contribution in [0.1, 0.15) is 38.3 Å². The Balaban J connectivity index is 1.38. The molecule has 2 amide bonds. The highest BCUT2D eigenvalue weighted by atomic mass is 32.2. The second-order valence-corrected chi connectivity index (χ2v) is 12.2. The molecule has 230 valence electrons. The van der Waals surface area contributed by atoms with Gasteiger partial charge in [0.1, 0.15) is 0 Å². The molecule has 1 aliphatic heterocycles. The van der Waals surface area contributed by atoms with Gasteiger partial charge in [-0.25, -0.2) is 9.97 Å². The zero-order valence-corrected chi connectivity index (χ0v) is 26.2. The predicted molar refractivity (Wildman–Crippen MR) is 168 cm³/mol. The van der Waals surface area contributed by atoms with Gasteiger partial charge in [0, 0.05) is 54.4 Å². The van der Waals surface area contributed by atoms with E-state index in [2.05, 4.69) is 25.7 Å². The summed E-state index contributed by atoms with van der Waals surface area (Å²) in [5.41, 5.74) is 1.70. The maximum atomic E-state index is 12.7. The normalized spacial score (nSPS) is 15.7. The number of hydrogen-bond donors (Lipinski definition) is 3. The highest BCUT2D eigenvalue weighted by Gasteiger charge is 2.28. The molecule has 1 saturated heterocycles. The summed E-state index contributed by atoms with van der Waals surface area (Å²) in [5, 5.41) is 14.2. The number of carbonyl (C=O) groups is 2. The van der Waals surface area contributed by atoms with Crippen LogP contribution in [0.15, 0.2) is 40.4 Å². The Morgan fingerprint density at radius 1 is 1.09 bits per heavy atom. The molecule has 0 spiro atoms. The summed E-state index contributed by atoms with van der Waals surface area (Å²) in [6.07, 6.45) is 4.18. The standard InChI is InChI=1S/C30H41N9O3S/c1-5-42-26-27(32-24-18-20(2)35-36-24)33-30(34-28(26)39-16-14-38(15-17-39)25(40)19-37(3)4)43-23-12-10-22(11-13-23)31-29(41)21-8-6-7-9-21/h10-13,18,21H,5-9,14-17,19H2,1-4H3,(H,31,41)(H2,32,33,34,35,36). The minimum Gasteiger partial charge on any atom is -0.487 e. The first-order valence-electron chi connectivity index (χ1n) is 14.9. The molecule has 1 aliphatic carbocycles. The number of nitrogens with one attached hydrogen (secondary N) is 3. The molecule has 5 rings (SSSR count). The fourth-order valence-electron chi connectivity index (χ4n) is 5.33. The molecule has 2 aliphatic rings. The number of hydrogen-bond acceptors (Lipinski definition) is 10. The number of nitrogens with zero attached hydrogens (tertiary/aromatic N) is 6. The highest BCUT2D eigenvalue weighted by Crippen LogP contribution is 2.39. The smallest absolute Gasteiger partial charge is 0.236 e. The first-order valence-corrected chi connectivity index (χ1v) is 15.7. The van der Waals surface area contributed by atoms with E-state index < -0.39 is 0 Å². The van der Waals surface area contributed by atoms with Crippen molar-refractivity contribution >= 4 is 46.7 Å². The van der Waals surface area contributed by atoms with Crippen molar-refractivity contribution < 1.29 is 14.3 Å². The van der Waals surface area contributed by atoms with E-state index in [9.17, 15) is 9.59 Å². The van der Waals surface area contributed by atoms with Gasteiger partial charge in [0.15, 0.2) is 22.6 Å². The van der Waals surface area contributed by atoms with Crippen LogP contribution in [-0.2, 0) is 9.59 Å². The van der Waals surface area contributed by atoms with Crippen LogP contribution < -0.4 is 20.3 Å². The number of ether oxygens (including phenoxy) is 1. The summed E-state index contributed by atoms with van der Waals surface area (Å²) in [6.45, 7) is 7.13. The molecular weight excluding hydrogens is 566 g/mol. The van der Waals surface area contributed by atoms with Gasteiger partial charge in [0.25, 0.3) is 0 Å². The van der Waals surface area contributed by atoms with Crippen LogP contribution in [0.3, 0.4) is 0 Å². The van der Waals surface area contributed by atoms with E-state index in [1.54, 1.807) is 0 Å². The number of aryl methyl sites for hydroxylation is 1. The summed E-state index contributed by atoms with van der Waals surface area (Å²) in [6, 6.07) is 9.67. The maximum Gasteiger partial charge on any atom is 0.236 e. The minimum absolute atomic E-state index is 0.102. The molecule has 1 aromatic carbocycles. The molecule has 12 nitrogen and oxygen atoms in total. The van der Waals surface area contributed by atoms with Gasteiger partial charge in [-0.1, -0.05) is 12.8 Å². The number of rotatable bonds is 11. The summed E-state index contributed by atoms with van der Waals surface area (Å²) in [7, 11) is 3.80. The third-order valence-electron chi connectivity index (χ3n) is 7.51. The van der Waals surface area contributed by atoms with E-state index in [0.717, 1.165) is 42.0 Å². The third-order valence-corrected chi connectivity index (χ3v) is 8.38. The van der Waals surface area contributed by atoms with Crippen molar-refractivity contribution in [2.45, 2.75) is 49.6 Å². The first kappa shape index (κ1) is 30.6. The lowest BCUT2D eigenvalue weighted by atomic mass is 10.1. The molecule has 43 heavy (non-hydrogen) atoms. The van der Waals surface area contributed by atoms with Gasteiger partial charge in [-0.2, -0.15) is 5.10 Å². The van der Waals surface area contributed by atoms with Crippen molar-refractivity contribution in [3.05, 3.63) is 36.0 Å². The average molecular weight is 608 g/mol. The number of likely N-dealkylation sites (N-methyl/N-ethyl adjacent to an activating group) is 1. The van der Waals surface area contributed by atoms with Crippen LogP contribution >= 0.6 is 11.8 Å². The number of anilines is 4. The molecule has 2 aromatic heterocycles. The Morgan fingerprint density at radius 3 is 2.44 bits per heavy atom. The van der Waals surface area contributed by atoms with Crippen LogP contribution in [0.5, 0.6) is 5.75 Å². The SMILES string of the molecule is CCOc1c(Nc2cc(C)[nH]n2)nc(Sc2ccc(NC(=O)C3CCCC3)cc2)nc1N1CCN(C(=O)CN(C)C)CC1. The molecule has 0 atom stereocenters. The first-order chi connectivity index (χ1) is 20.8. The molecule has 3 aromatic rings. The summed E-state index contributed by atoms with van der Waals surface area (Å²) in [4.78, 5) is 41.9. The number of piperazine rings is 1. The molecule has 2 fully saturated rings. The lowest BCUT2D eigenvalue weighted by Crippen LogP contribution is -2.51. The van der Waals surface area contributed by atoms with Gasteiger partial charge in [0.2, 0.25) is 17.6 Å². The van der Waals surface area contributed by atoms with Crippen LogP contribution in [0.2, 0.25) is 0 Å². The molecule has 0 unspecified atom stereocenters. The number of aromatic amines is 1. The molecule has 3 heterocycles. The Labute approximate surface area is 257 Å². The molecule has 3 N–H and O–H groups in total. The number of carbonyl (C=O) groups excluding carboxylic acids is 2. The van der Waals surface area contributed by atoms with Crippen molar-refractivity contribution in [1.29, 1.82) is 0 Å². The molecule has 13 heteroatoms. The van der Waals surface area contributed by atoms with Crippen molar-refractivity contribution in [2.75, 3.05) is 69.0 Å². The average Bonchev–Trinajstić information content (AvgIpc) is 3.67. The van der Waals surface area contributed by atoms with Crippen LogP contribution in [-0.4, -0.2) is 95.2 Å². The van der Waals surface area contributed by atoms with Crippen molar-refractivity contribution in [1.82, 2.24) is 30.0 Å². The number of amides is 2. The van der Waals surface area contributed by atoms with E-state index in [4.69, 9.17) is 14.7 Å². The van der Waals surface area contributed by atoms with Crippen molar-refractivity contribution in [3.63, 3.8) is 0 Å². The van der Waals surface area contributed by atoms with E-state index in [1.807, 2.05) is 68.1 Å². The van der Waals surface area contributed by atoms with Gasteiger partial charge in [-0.3, -0.25) is 14.7 Å². The maximum absolute atomic E-state index is 12.7. The van der Waals surface area contributed by atoms with Crippen LogP contribution in [0.25, 0.3) is 0 Å². The minimum atomic E-state index is 0.102.